The van der Waals surface area contributed by atoms with Crippen LogP contribution in [0, 0.1) is 17.2 Å². The number of hydrogen-bond donors (Lipinski definition) is 1. The predicted octanol–water partition coefficient (Wildman–Crippen LogP) is 3.99. The second-order valence-corrected chi connectivity index (χ2v) is 7.43. The number of likely N-dealkylation sites (tertiary alicyclic amines) is 1. The number of nitrogens with zero attached hydrogens (tertiary/aromatic N) is 2. The normalized spacial score (nSPS) is 17.4. The van der Waals surface area contributed by atoms with Crippen LogP contribution < -0.4 is 5.32 Å². The lowest BCUT2D eigenvalue weighted by molar-refractivity contribution is 0.176. The summed E-state index contributed by atoms with van der Waals surface area (Å²) in [5, 5.41) is 12.0. The fourth-order valence-corrected chi connectivity index (χ4v) is 2.84. The van der Waals surface area contributed by atoms with E-state index < -0.39 is 0 Å². The Morgan fingerprint density at radius 1 is 1.26 bits per heavy atom. The second-order valence-electron chi connectivity index (χ2n) is 7.43. The Balaban J connectivity index is 1.92. The average Bonchev–Trinajstić information content (AvgIpc) is 2.54. The van der Waals surface area contributed by atoms with Gasteiger partial charge >= 0.3 is 6.03 Å². The molecule has 23 heavy (non-hydrogen) atoms. The smallest absolute Gasteiger partial charge is 0.317 e. The summed E-state index contributed by atoms with van der Waals surface area (Å²) in [6, 6.07) is 10.7. The molecule has 1 heterocycles. The van der Waals surface area contributed by atoms with Crippen LogP contribution in [-0.4, -0.2) is 24.0 Å². The first-order valence-corrected chi connectivity index (χ1v) is 8.37. The van der Waals surface area contributed by atoms with E-state index in [1.54, 1.807) is 0 Å². The standard InChI is InChI=1S/C19H27N3O/c1-14(16-5-7-17(8-6-16)19(2,3)4)21-18(23)22-11-9-15(13-20)10-12-22/h5-8,14-15H,9-12H2,1-4H3,(H,21,23)/t14-/m0/s1. The molecule has 124 valence electrons. The van der Waals surface area contributed by atoms with E-state index in [2.05, 4.69) is 56.4 Å². The number of carbonyl (C=O) groups is 1. The highest BCUT2D eigenvalue weighted by Crippen LogP contribution is 2.24. The van der Waals surface area contributed by atoms with Gasteiger partial charge in [-0.2, -0.15) is 5.26 Å². The van der Waals surface area contributed by atoms with Crippen LogP contribution in [0.4, 0.5) is 4.79 Å². The van der Waals surface area contributed by atoms with Crippen molar-refractivity contribution < 1.29 is 4.79 Å². The van der Waals surface area contributed by atoms with E-state index in [0.717, 1.165) is 18.4 Å². The van der Waals surface area contributed by atoms with Crippen LogP contribution in [0.2, 0.25) is 0 Å². The van der Waals surface area contributed by atoms with Gasteiger partial charge < -0.3 is 10.2 Å². The number of nitriles is 1. The van der Waals surface area contributed by atoms with Gasteiger partial charge in [0.15, 0.2) is 0 Å². The Hall–Kier alpha value is -2.02. The van der Waals surface area contributed by atoms with Gasteiger partial charge in [0.05, 0.1) is 12.1 Å². The van der Waals surface area contributed by atoms with Crippen molar-refractivity contribution in [1.29, 1.82) is 5.26 Å². The molecule has 2 amide bonds. The van der Waals surface area contributed by atoms with Crippen LogP contribution in [-0.2, 0) is 5.41 Å². The fraction of sp³-hybridized carbons (Fsp3) is 0.579. The van der Waals surface area contributed by atoms with Crippen LogP contribution in [0.25, 0.3) is 0 Å². The third kappa shape index (κ3) is 4.48. The van der Waals surface area contributed by atoms with Crippen molar-refractivity contribution in [3.05, 3.63) is 35.4 Å². The number of nitrogens with one attached hydrogen (secondary N) is 1. The first kappa shape index (κ1) is 17.3. The zero-order chi connectivity index (χ0) is 17.0. The molecule has 1 saturated heterocycles. The van der Waals surface area contributed by atoms with E-state index in [9.17, 15) is 4.79 Å². The molecule has 0 aliphatic carbocycles. The van der Waals surface area contributed by atoms with Crippen molar-refractivity contribution in [3.63, 3.8) is 0 Å². The molecule has 0 saturated carbocycles. The molecule has 1 N–H and O–H groups in total. The van der Waals surface area contributed by atoms with Crippen LogP contribution in [0.1, 0.15) is 57.7 Å². The molecule has 4 nitrogen and oxygen atoms in total. The Morgan fingerprint density at radius 3 is 2.30 bits per heavy atom. The summed E-state index contributed by atoms with van der Waals surface area (Å²) in [7, 11) is 0. The van der Waals surface area contributed by atoms with Gasteiger partial charge in [-0.3, -0.25) is 0 Å². The van der Waals surface area contributed by atoms with Gasteiger partial charge in [-0.25, -0.2) is 4.79 Å². The number of hydrogen-bond acceptors (Lipinski definition) is 2. The molecule has 0 spiro atoms. The Morgan fingerprint density at radius 2 is 1.83 bits per heavy atom. The molecule has 1 fully saturated rings. The summed E-state index contributed by atoms with van der Waals surface area (Å²) in [6.45, 7) is 9.92. The number of rotatable bonds is 2. The molecule has 0 bridgehead atoms. The Kier molecular flexibility index (Phi) is 5.30. The highest BCUT2D eigenvalue weighted by atomic mass is 16.2. The Bertz CT molecular complexity index is 572. The molecule has 1 atom stereocenters. The summed E-state index contributed by atoms with van der Waals surface area (Å²) in [4.78, 5) is 14.1. The summed E-state index contributed by atoms with van der Waals surface area (Å²) in [6.07, 6.45) is 1.55. The van der Waals surface area contributed by atoms with Gasteiger partial charge in [0.1, 0.15) is 0 Å². The van der Waals surface area contributed by atoms with Crippen molar-refractivity contribution in [3.8, 4) is 6.07 Å². The number of benzene rings is 1. The van der Waals surface area contributed by atoms with Crippen molar-refractivity contribution in [2.75, 3.05) is 13.1 Å². The molecule has 0 radical (unpaired) electrons. The van der Waals surface area contributed by atoms with Crippen LogP contribution in [0.3, 0.4) is 0 Å². The van der Waals surface area contributed by atoms with Crippen molar-refractivity contribution in [2.24, 2.45) is 5.92 Å². The maximum atomic E-state index is 12.3. The first-order valence-electron chi connectivity index (χ1n) is 8.37. The van der Waals surface area contributed by atoms with E-state index in [4.69, 9.17) is 5.26 Å². The molecule has 2 rings (SSSR count). The molecule has 4 heteroatoms. The number of carbonyl (C=O) groups excluding carboxylic acids is 1. The van der Waals surface area contributed by atoms with E-state index in [1.165, 1.54) is 5.56 Å². The average molecular weight is 313 g/mol. The maximum absolute atomic E-state index is 12.3. The van der Waals surface area contributed by atoms with E-state index in [1.807, 2.05) is 11.8 Å². The number of urea groups is 1. The maximum Gasteiger partial charge on any atom is 0.317 e. The van der Waals surface area contributed by atoms with Gasteiger partial charge in [0.2, 0.25) is 0 Å². The molecular weight excluding hydrogens is 286 g/mol. The topological polar surface area (TPSA) is 56.1 Å². The zero-order valence-electron chi connectivity index (χ0n) is 14.6. The van der Waals surface area contributed by atoms with E-state index in [0.29, 0.717) is 13.1 Å². The first-order chi connectivity index (χ1) is 10.8. The zero-order valence-corrected chi connectivity index (χ0v) is 14.6. The SMILES string of the molecule is C[C@H](NC(=O)N1CCC(C#N)CC1)c1ccc(C(C)(C)C)cc1. The number of piperidine rings is 1. The summed E-state index contributed by atoms with van der Waals surface area (Å²) < 4.78 is 0. The molecular formula is C19H27N3O. The quantitative estimate of drug-likeness (QED) is 0.897. The molecule has 0 aromatic heterocycles. The van der Waals surface area contributed by atoms with Crippen molar-refractivity contribution in [2.45, 2.75) is 52.0 Å². The molecule has 0 unspecified atom stereocenters. The van der Waals surface area contributed by atoms with E-state index in [-0.39, 0.29) is 23.4 Å². The lowest BCUT2D eigenvalue weighted by atomic mass is 9.86. The largest absolute Gasteiger partial charge is 0.331 e. The van der Waals surface area contributed by atoms with Crippen LogP contribution in [0.15, 0.2) is 24.3 Å². The minimum atomic E-state index is -0.0335. The Labute approximate surface area is 139 Å². The highest BCUT2D eigenvalue weighted by Gasteiger charge is 2.23. The second kappa shape index (κ2) is 7.04. The summed E-state index contributed by atoms with van der Waals surface area (Å²) >= 11 is 0. The van der Waals surface area contributed by atoms with Gasteiger partial charge in [0, 0.05) is 19.0 Å². The van der Waals surface area contributed by atoms with Crippen LogP contribution >= 0.6 is 0 Å². The van der Waals surface area contributed by atoms with Gasteiger partial charge in [-0.1, -0.05) is 45.0 Å². The van der Waals surface area contributed by atoms with E-state index >= 15 is 0 Å². The number of amides is 2. The van der Waals surface area contributed by atoms with Crippen LogP contribution in [0.5, 0.6) is 0 Å². The van der Waals surface area contributed by atoms with Gasteiger partial charge in [0.25, 0.3) is 0 Å². The molecule has 1 aliphatic heterocycles. The summed E-state index contributed by atoms with van der Waals surface area (Å²) in [5.41, 5.74) is 2.53. The lowest BCUT2D eigenvalue weighted by Crippen LogP contribution is -2.45. The third-order valence-corrected chi connectivity index (χ3v) is 4.58. The van der Waals surface area contributed by atoms with Crippen molar-refractivity contribution >= 4 is 6.03 Å². The van der Waals surface area contributed by atoms with Gasteiger partial charge in [-0.05, 0) is 36.3 Å². The minimum absolute atomic E-state index is 0.0230. The predicted molar refractivity (Wildman–Crippen MR) is 92.0 cm³/mol. The fourth-order valence-electron chi connectivity index (χ4n) is 2.84. The molecule has 1 aromatic carbocycles. The third-order valence-electron chi connectivity index (χ3n) is 4.58. The molecule has 1 aromatic rings. The van der Waals surface area contributed by atoms with Crippen molar-refractivity contribution in [1.82, 2.24) is 10.2 Å². The lowest BCUT2D eigenvalue weighted by Gasteiger charge is -2.30. The van der Waals surface area contributed by atoms with Gasteiger partial charge in [-0.15, -0.1) is 0 Å². The molecule has 1 aliphatic rings. The minimum Gasteiger partial charge on any atom is -0.331 e. The summed E-state index contributed by atoms with van der Waals surface area (Å²) in [5.74, 6) is 0.0985. The monoisotopic (exact) mass is 313 g/mol. The highest BCUT2D eigenvalue weighted by molar-refractivity contribution is 5.74.